The summed E-state index contributed by atoms with van der Waals surface area (Å²) in [5, 5.41) is 15.5. The fourth-order valence-corrected chi connectivity index (χ4v) is 3.11. The number of amides is 2. The third kappa shape index (κ3) is 9.60. The number of ether oxygens (including phenoxy) is 1. The zero-order valence-corrected chi connectivity index (χ0v) is 22.6. The van der Waals surface area contributed by atoms with Crippen LogP contribution in [0.5, 0.6) is 11.6 Å². The maximum absolute atomic E-state index is 12.0. The number of para-hydroxylation sites is 1. The fraction of sp³-hybridized carbons (Fsp3) is 0.207. The number of benzene rings is 2. The van der Waals surface area contributed by atoms with E-state index in [1.165, 1.54) is 0 Å². The predicted molar refractivity (Wildman–Crippen MR) is 155 cm³/mol. The minimum absolute atomic E-state index is 0.166. The summed E-state index contributed by atoms with van der Waals surface area (Å²) in [5.74, 6) is 2.08. The van der Waals surface area contributed by atoms with Gasteiger partial charge in [0.1, 0.15) is 17.9 Å². The number of hydrogen-bond acceptors (Lipinski definition) is 8. The number of nitrogens with zero attached hydrogens (tertiary/aromatic N) is 3. The Morgan fingerprint density at radius 2 is 1.70 bits per heavy atom. The molecule has 4 N–H and O–H groups in total. The highest BCUT2D eigenvalue weighted by atomic mass is 16.5. The normalized spacial score (nSPS) is 12.0. The van der Waals surface area contributed by atoms with Gasteiger partial charge >= 0.3 is 0 Å². The highest BCUT2D eigenvalue weighted by molar-refractivity contribution is 6.03. The van der Waals surface area contributed by atoms with Gasteiger partial charge in [-0.2, -0.15) is 0 Å². The lowest BCUT2D eigenvalue weighted by molar-refractivity contribution is -0.113. The number of imidazole rings is 1. The molecule has 4 aromatic rings. The van der Waals surface area contributed by atoms with Crippen molar-refractivity contribution in [3.8, 4) is 11.6 Å². The van der Waals surface area contributed by atoms with Crippen molar-refractivity contribution in [3.05, 3.63) is 84.7 Å². The first-order valence-corrected chi connectivity index (χ1v) is 12.6. The number of aldehydes is 1. The molecular formula is C29H33N7O4. The Morgan fingerprint density at radius 1 is 0.975 bits per heavy atom. The molecule has 0 aliphatic heterocycles. The van der Waals surface area contributed by atoms with Gasteiger partial charge in [-0.3, -0.25) is 9.59 Å². The van der Waals surface area contributed by atoms with Crippen LogP contribution in [0.4, 0.5) is 17.2 Å². The zero-order chi connectivity index (χ0) is 28.7. The van der Waals surface area contributed by atoms with Crippen LogP contribution < -0.4 is 26.0 Å². The summed E-state index contributed by atoms with van der Waals surface area (Å²) in [6.07, 6.45) is 7.40. The molecule has 1 saturated carbocycles. The third-order valence-electron chi connectivity index (χ3n) is 5.42. The lowest BCUT2D eigenvalue weighted by Gasteiger charge is -2.08. The fourth-order valence-electron chi connectivity index (χ4n) is 3.11. The van der Waals surface area contributed by atoms with Gasteiger partial charge in [0.15, 0.2) is 5.65 Å². The quantitative estimate of drug-likeness (QED) is 0.179. The minimum atomic E-state index is -0.166. The molecule has 0 unspecified atom stereocenters. The van der Waals surface area contributed by atoms with Gasteiger partial charge in [-0.1, -0.05) is 18.2 Å². The molecule has 0 radical (unpaired) electrons. The van der Waals surface area contributed by atoms with Crippen LogP contribution in [0.15, 0.2) is 84.7 Å². The first-order valence-electron chi connectivity index (χ1n) is 12.6. The molecule has 208 valence electrons. The monoisotopic (exact) mass is 543 g/mol. The molecule has 1 aliphatic rings. The number of rotatable bonds is 9. The first-order chi connectivity index (χ1) is 19.4. The van der Waals surface area contributed by atoms with Crippen molar-refractivity contribution in [2.75, 3.05) is 30.0 Å². The van der Waals surface area contributed by atoms with Crippen LogP contribution in [-0.4, -0.2) is 47.3 Å². The first kappa shape index (κ1) is 29.4. The largest absolute Gasteiger partial charge is 0.438 e. The van der Waals surface area contributed by atoms with Crippen molar-refractivity contribution in [1.29, 1.82) is 0 Å². The molecule has 0 spiro atoms. The van der Waals surface area contributed by atoms with E-state index in [4.69, 9.17) is 4.74 Å². The van der Waals surface area contributed by atoms with E-state index in [0.717, 1.165) is 36.3 Å². The summed E-state index contributed by atoms with van der Waals surface area (Å²) < 4.78 is 7.41. The van der Waals surface area contributed by atoms with E-state index in [1.807, 2.05) is 36.4 Å². The van der Waals surface area contributed by atoms with Crippen molar-refractivity contribution in [2.45, 2.75) is 19.8 Å². The average Bonchev–Trinajstić information content (AvgIpc) is 3.73. The van der Waals surface area contributed by atoms with Gasteiger partial charge in [0.2, 0.25) is 12.3 Å². The Balaban J connectivity index is 0.000000255. The molecule has 5 rings (SSSR count). The van der Waals surface area contributed by atoms with Gasteiger partial charge in [-0.05, 0) is 62.2 Å². The standard InChI is InChI=1S/C18H20N6O2.C7H7NO.C4H6O/c1-12(10-19-2)18(25)21-13-4-6-14(7-5-13)26-17-9-8-16-22-15(20-3)11-24(16)23-17;9-6-8-7-4-2-1-3-5-7;5-3-4-1-2-4/h4-11,19-20H,1-3H3,(H,21,25);1-6H,(H,8,9);3-4H,1-2H2/b12-10+;;. The van der Waals surface area contributed by atoms with Crippen molar-refractivity contribution in [2.24, 2.45) is 5.92 Å². The number of anilines is 3. The van der Waals surface area contributed by atoms with E-state index >= 15 is 0 Å². The third-order valence-corrected chi connectivity index (χ3v) is 5.42. The lowest BCUT2D eigenvalue weighted by atomic mass is 10.2. The number of aromatic nitrogens is 3. The summed E-state index contributed by atoms with van der Waals surface area (Å²) >= 11 is 0. The highest BCUT2D eigenvalue weighted by Crippen LogP contribution is 2.25. The van der Waals surface area contributed by atoms with E-state index in [2.05, 4.69) is 31.3 Å². The van der Waals surface area contributed by atoms with Gasteiger partial charge in [-0.15, -0.1) is 5.10 Å². The Morgan fingerprint density at radius 3 is 2.27 bits per heavy atom. The second-order valence-corrected chi connectivity index (χ2v) is 8.65. The van der Waals surface area contributed by atoms with Gasteiger partial charge in [-0.25, -0.2) is 9.50 Å². The minimum Gasteiger partial charge on any atom is -0.438 e. The summed E-state index contributed by atoms with van der Waals surface area (Å²) in [6.45, 7) is 1.74. The Hall–Kier alpha value is -5.19. The molecular weight excluding hydrogens is 510 g/mol. The molecule has 2 amide bonds. The molecule has 0 bridgehead atoms. The van der Waals surface area contributed by atoms with Gasteiger partial charge in [0.25, 0.3) is 5.91 Å². The Labute approximate surface area is 232 Å². The van der Waals surface area contributed by atoms with Crippen LogP contribution in [0.25, 0.3) is 5.65 Å². The lowest BCUT2D eigenvalue weighted by Crippen LogP contribution is -2.14. The van der Waals surface area contributed by atoms with Crippen molar-refractivity contribution in [3.63, 3.8) is 0 Å². The summed E-state index contributed by atoms with van der Waals surface area (Å²) in [4.78, 5) is 35.7. The maximum atomic E-state index is 12.0. The Bertz CT molecular complexity index is 1420. The number of nitrogens with one attached hydrogen (secondary N) is 4. The number of carbonyl (C=O) groups excluding carboxylic acids is 3. The topological polar surface area (TPSA) is 139 Å². The van der Waals surface area contributed by atoms with E-state index in [0.29, 0.717) is 35.2 Å². The molecule has 1 aliphatic carbocycles. The molecule has 40 heavy (non-hydrogen) atoms. The van der Waals surface area contributed by atoms with E-state index in [-0.39, 0.29) is 5.91 Å². The summed E-state index contributed by atoms with van der Waals surface area (Å²) in [7, 11) is 3.55. The number of hydrogen-bond donors (Lipinski definition) is 4. The van der Waals surface area contributed by atoms with E-state index in [1.54, 1.807) is 68.3 Å². The van der Waals surface area contributed by atoms with Crippen molar-refractivity contribution < 1.29 is 19.1 Å². The number of fused-ring (bicyclic) bond motifs is 1. The van der Waals surface area contributed by atoms with Crippen LogP contribution >= 0.6 is 0 Å². The highest BCUT2D eigenvalue weighted by Gasteiger charge is 2.19. The van der Waals surface area contributed by atoms with Crippen LogP contribution in [-0.2, 0) is 14.4 Å². The van der Waals surface area contributed by atoms with E-state index in [9.17, 15) is 14.4 Å². The van der Waals surface area contributed by atoms with Crippen molar-refractivity contribution in [1.82, 2.24) is 19.9 Å². The van der Waals surface area contributed by atoms with Gasteiger partial charge < -0.3 is 30.8 Å². The maximum Gasteiger partial charge on any atom is 0.252 e. The molecule has 2 heterocycles. The number of carbonyl (C=O) groups is 3. The SMILES string of the molecule is CN/C=C(\C)C(=O)Nc1ccc(Oc2ccc3nc(NC)cn3n2)cc1.O=CC1CC1.O=CNc1ccccc1. The van der Waals surface area contributed by atoms with Crippen LogP contribution in [0, 0.1) is 5.92 Å². The van der Waals surface area contributed by atoms with Gasteiger partial charge in [0.05, 0.1) is 6.20 Å². The molecule has 2 aromatic heterocycles. The van der Waals surface area contributed by atoms with E-state index < -0.39 is 0 Å². The molecule has 11 heteroatoms. The summed E-state index contributed by atoms with van der Waals surface area (Å²) in [5.41, 5.74) is 2.83. The van der Waals surface area contributed by atoms with Crippen LogP contribution in [0.2, 0.25) is 0 Å². The van der Waals surface area contributed by atoms with Crippen LogP contribution in [0.3, 0.4) is 0 Å². The molecule has 11 nitrogen and oxygen atoms in total. The Kier molecular flexibility index (Phi) is 11.2. The van der Waals surface area contributed by atoms with Crippen molar-refractivity contribution >= 4 is 41.4 Å². The molecule has 1 fully saturated rings. The average molecular weight is 544 g/mol. The second kappa shape index (κ2) is 15.3. The predicted octanol–water partition coefficient (Wildman–Crippen LogP) is 4.48. The van der Waals surface area contributed by atoms with Crippen LogP contribution in [0.1, 0.15) is 19.8 Å². The molecule has 0 atom stereocenters. The molecule has 0 saturated heterocycles. The zero-order valence-electron chi connectivity index (χ0n) is 22.6. The van der Waals surface area contributed by atoms with Gasteiger partial charge in [0, 0.05) is 49.2 Å². The summed E-state index contributed by atoms with van der Waals surface area (Å²) in [6, 6.07) is 20.0. The molecule has 2 aromatic carbocycles. The smallest absolute Gasteiger partial charge is 0.252 e. The second-order valence-electron chi connectivity index (χ2n) is 8.65.